The number of nitrogens with two attached hydrogens (primary N) is 1. The van der Waals surface area contributed by atoms with Gasteiger partial charge in [0.25, 0.3) is 0 Å². The molecule has 0 aliphatic carbocycles. The average Bonchev–Trinajstić information content (AvgIpc) is 2.46. The molecule has 1 heterocycles. The van der Waals surface area contributed by atoms with Crippen LogP contribution in [-0.4, -0.2) is 13.2 Å². The van der Waals surface area contributed by atoms with Gasteiger partial charge in [-0.15, -0.1) is 0 Å². The topological polar surface area (TPSA) is 44.5 Å². The van der Waals surface area contributed by atoms with Gasteiger partial charge in [-0.1, -0.05) is 40.2 Å². The highest BCUT2D eigenvalue weighted by Crippen LogP contribution is 2.39. The summed E-state index contributed by atoms with van der Waals surface area (Å²) >= 11 is 3.58. The zero-order chi connectivity index (χ0) is 14.1. The van der Waals surface area contributed by atoms with Gasteiger partial charge in [-0.25, -0.2) is 0 Å². The third-order valence-electron chi connectivity index (χ3n) is 3.52. The molecule has 1 aliphatic heterocycles. The van der Waals surface area contributed by atoms with Gasteiger partial charge in [-0.05, 0) is 35.7 Å². The standard InChI is InChI=1S/C16H16BrNO2/c1-10-4-2-3-5-11(10)16(18)12-8-14-15(9-13(12)17)20-7-6-19-14/h2-5,8-9,16H,6-7,18H2,1H3. The van der Waals surface area contributed by atoms with Crippen molar-refractivity contribution in [3.05, 3.63) is 57.6 Å². The molecular formula is C16H16BrNO2. The van der Waals surface area contributed by atoms with Crippen LogP contribution in [0.4, 0.5) is 0 Å². The van der Waals surface area contributed by atoms with Gasteiger partial charge in [-0.3, -0.25) is 0 Å². The summed E-state index contributed by atoms with van der Waals surface area (Å²) in [6.07, 6.45) is 0. The Morgan fingerprint density at radius 3 is 2.40 bits per heavy atom. The quantitative estimate of drug-likeness (QED) is 0.913. The molecule has 2 N–H and O–H groups in total. The van der Waals surface area contributed by atoms with Crippen molar-refractivity contribution < 1.29 is 9.47 Å². The van der Waals surface area contributed by atoms with E-state index in [1.54, 1.807) is 0 Å². The fourth-order valence-corrected chi connectivity index (χ4v) is 2.99. The lowest BCUT2D eigenvalue weighted by Gasteiger charge is -2.22. The van der Waals surface area contributed by atoms with Crippen molar-refractivity contribution in [3.8, 4) is 11.5 Å². The number of ether oxygens (including phenoxy) is 2. The van der Waals surface area contributed by atoms with Crippen LogP contribution in [0.1, 0.15) is 22.7 Å². The molecule has 1 atom stereocenters. The normalized spacial score (nSPS) is 14.9. The molecule has 3 rings (SSSR count). The number of halogens is 1. The molecule has 0 fully saturated rings. The molecule has 3 nitrogen and oxygen atoms in total. The molecule has 4 heteroatoms. The highest BCUT2D eigenvalue weighted by molar-refractivity contribution is 9.10. The smallest absolute Gasteiger partial charge is 0.162 e. The van der Waals surface area contributed by atoms with E-state index in [1.165, 1.54) is 5.56 Å². The Labute approximate surface area is 126 Å². The lowest BCUT2D eigenvalue weighted by Crippen LogP contribution is -2.18. The Kier molecular flexibility index (Phi) is 3.68. The van der Waals surface area contributed by atoms with Gasteiger partial charge in [-0.2, -0.15) is 0 Å². The van der Waals surface area contributed by atoms with Crippen LogP contribution < -0.4 is 15.2 Å². The predicted octanol–water partition coefficient (Wildman–Crippen LogP) is 3.58. The van der Waals surface area contributed by atoms with E-state index in [-0.39, 0.29) is 6.04 Å². The number of fused-ring (bicyclic) bond motifs is 1. The molecule has 104 valence electrons. The van der Waals surface area contributed by atoms with E-state index < -0.39 is 0 Å². The highest BCUT2D eigenvalue weighted by Gasteiger charge is 2.20. The Bertz CT molecular complexity index is 642. The van der Waals surface area contributed by atoms with Gasteiger partial charge in [0, 0.05) is 4.47 Å². The molecule has 0 spiro atoms. The zero-order valence-corrected chi connectivity index (χ0v) is 12.8. The molecule has 20 heavy (non-hydrogen) atoms. The maximum Gasteiger partial charge on any atom is 0.162 e. The minimum Gasteiger partial charge on any atom is -0.486 e. The second-order valence-corrected chi connectivity index (χ2v) is 5.71. The van der Waals surface area contributed by atoms with E-state index in [1.807, 2.05) is 24.3 Å². The Hall–Kier alpha value is -1.52. The van der Waals surface area contributed by atoms with E-state index in [4.69, 9.17) is 15.2 Å². The summed E-state index contributed by atoms with van der Waals surface area (Å²) < 4.78 is 12.1. The summed E-state index contributed by atoms with van der Waals surface area (Å²) in [5, 5.41) is 0. The molecule has 2 aromatic carbocycles. The van der Waals surface area contributed by atoms with E-state index in [2.05, 4.69) is 35.0 Å². The van der Waals surface area contributed by atoms with Gasteiger partial charge in [0.15, 0.2) is 11.5 Å². The van der Waals surface area contributed by atoms with E-state index >= 15 is 0 Å². The minimum atomic E-state index is -0.193. The van der Waals surface area contributed by atoms with Crippen molar-refractivity contribution in [1.29, 1.82) is 0 Å². The van der Waals surface area contributed by atoms with Crippen LogP contribution in [0.5, 0.6) is 11.5 Å². The van der Waals surface area contributed by atoms with Crippen LogP contribution in [-0.2, 0) is 0 Å². The molecule has 0 radical (unpaired) electrons. The van der Waals surface area contributed by atoms with Crippen LogP contribution in [0.2, 0.25) is 0 Å². The number of hydrogen-bond acceptors (Lipinski definition) is 3. The van der Waals surface area contributed by atoms with Gasteiger partial charge in [0.05, 0.1) is 6.04 Å². The Morgan fingerprint density at radius 2 is 1.70 bits per heavy atom. The van der Waals surface area contributed by atoms with Gasteiger partial charge in [0.2, 0.25) is 0 Å². The van der Waals surface area contributed by atoms with Crippen molar-refractivity contribution in [2.24, 2.45) is 5.73 Å². The predicted molar refractivity (Wildman–Crippen MR) is 82.3 cm³/mol. The highest BCUT2D eigenvalue weighted by atomic mass is 79.9. The summed E-state index contributed by atoms with van der Waals surface area (Å²) in [6.45, 7) is 3.23. The Morgan fingerprint density at radius 1 is 1.05 bits per heavy atom. The fraction of sp³-hybridized carbons (Fsp3) is 0.250. The Balaban J connectivity index is 2.03. The lowest BCUT2D eigenvalue weighted by atomic mass is 9.95. The van der Waals surface area contributed by atoms with Crippen molar-refractivity contribution >= 4 is 15.9 Å². The van der Waals surface area contributed by atoms with Crippen molar-refractivity contribution in [3.63, 3.8) is 0 Å². The van der Waals surface area contributed by atoms with Crippen LogP contribution in [0, 0.1) is 6.92 Å². The molecule has 1 unspecified atom stereocenters. The summed E-state index contributed by atoms with van der Waals surface area (Å²) in [4.78, 5) is 0. The van der Waals surface area contributed by atoms with E-state index in [9.17, 15) is 0 Å². The van der Waals surface area contributed by atoms with Crippen molar-refractivity contribution in [1.82, 2.24) is 0 Å². The fourth-order valence-electron chi connectivity index (χ4n) is 2.42. The number of benzene rings is 2. The monoisotopic (exact) mass is 333 g/mol. The average molecular weight is 334 g/mol. The van der Waals surface area contributed by atoms with Crippen LogP contribution >= 0.6 is 15.9 Å². The first kappa shape index (κ1) is 13.5. The SMILES string of the molecule is Cc1ccccc1C(N)c1cc2c(cc1Br)OCCO2. The van der Waals surface area contributed by atoms with Crippen LogP contribution in [0.15, 0.2) is 40.9 Å². The third kappa shape index (κ3) is 2.41. The van der Waals surface area contributed by atoms with Crippen molar-refractivity contribution in [2.45, 2.75) is 13.0 Å². The summed E-state index contributed by atoms with van der Waals surface area (Å²) in [5.74, 6) is 1.53. The van der Waals surface area contributed by atoms with E-state index in [0.717, 1.165) is 27.1 Å². The molecule has 1 aliphatic rings. The molecule has 0 saturated carbocycles. The van der Waals surface area contributed by atoms with Gasteiger partial charge >= 0.3 is 0 Å². The number of aryl methyl sites for hydroxylation is 1. The minimum absolute atomic E-state index is 0.193. The van der Waals surface area contributed by atoms with Crippen LogP contribution in [0.3, 0.4) is 0 Å². The van der Waals surface area contributed by atoms with Gasteiger partial charge in [0.1, 0.15) is 13.2 Å². The second-order valence-electron chi connectivity index (χ2n) is 4.85. The second kappa shape index (κ2) is 5.46. The summed E-state index contributed by atoms with van der Waals surface area (Å²) in [7, 11) is 0. The lowest BCUT2D eigenvalue weighted by molar-refractivity contribution is 0.171. The third-order valence-corrected chi connectivity index (χ3v) is 4.21. The first-order valence-corrected chi connectivity index (χ1v) is 7.36. The zero-order valence-electron chi connectivity index (χ0n) is 11.2. The number of hydrogen-bond donors (Lipinski definition) is 1. The molecule has 0 amide bonds. The molecule has 0 bridgehead atoms. The summed E-state index contributed by atoms with van der Waals surface area (Å²) in [6, 6.07) is 11.9. The van der Waals surface area contributed by atoms with Crippen LogP contribution in [0.25, 0.3) is 0 Å². The summed E-state index contributed by atoms with van der Waals surface area (Å²) in [5.41, 5.74) is 9.73. The first-order valence-electron chi connectivity index (χ1n) is 6.57. The molecule has 0 aromatic heterocycles. The molecular weight excluding hydrogens is 318 g/mol. The van der Waals surface area contributed by atoms with E-state index in [0.29, 0.717) is 13.2 Å². The molecule has 0 saturated heterocycles. The largest absolute Gasteiger partial charge is 0.486 e. The molecule has 2 aromatic rings. The number of rotatable bonds is 2. The maximum atomic E-state index is 6.42. The van der Waals surface area contributed by atoms with Crippen molar-refractivity contribution in [2.75, 3.05) is 13.2 Å². The first-order chi connectivity index (χ1) is 9.66. The van der Waals surface area contributed by atoms with Gasteiger partial charge < -0.3 is 15.2 Å². The maximum absolute atomic E-state index is 6.42.